The van der Waals surface area contributed by atoms with Gasteiger partial charge < -0.3 is 0 Å². The Morgan fingerprint density at radius 1 is 1.00 bits per heavy atom. The molecular weight excluding hydrogens is 220 g/mol. The molecule has 0 bridgehead atoms. The van der Waals surface area contributed by atoms with Crippen LogP contribution in [0, 0.1) is 0 Å². The van der Waals surface area contributed by atoms with Crippen molar-refractivity contribution in [3.8, 4) is 0 Å². The molecule has 0 spiro atoms. The summed E-state index contributed by atoms with van der Waals surface area (Å²) >= 11 is 0. The summed E-state index contributed by atoms with van der Waals surface area (Å²) in [4.78, 5) is 0. The Morgan fingerprint density at radius 3 is 2.24 bits per heavy atom. The van der Waals surface area contributed by atoms with Gasteiger partial charge >= 0.3 is 0 Å². The minimum Gasteiger partial charge on any atom is -0.0950 e. The third-order valence-corrected chi connectivity index (χ3v) is 3.45. The number of benzene rings is 1. The molecule has 0 aliphatic heterocycles. The first-order valence-corrected chi connectivity index (χ1v) is 9.64. The molecule has 0 atom stereocenters. The zero-order chi connectivity index (χ0) is 12.7. The topological polar surface area (TPSA) is 0 Å². The van der Waals surface area contributed by atoms with Crippen LogP contribution in [0.3, 0.4) is 0 Å². The Morgan fingerprint density at radius 2 is 1.65 bits per heavy atom. The van der Waals surface area contributed by atoms with Crippen LogP contribution in [0.15, 0.2) is 59.8 Å². The van der Waals surface area contributed by atoms with Crippen LogP contribution in [-0.2, 0) is 0 Å². The molecule has 1 aromatic carbocycles. The SMILES string of the molecule is CC(/C=C/C=C/[Si](C)(C)C)=C\c1ccccc1. The maximum Gasteiger partial charge on any atom is 0.0687 e. The van der Waals surface area contributed by atoms with E-state index < -0.39 is 8.07 Å². The van der Waals surface area contributed by atoms with E-state index in [1.54, 1.807) is 0 Å². The van der Waals surface area contributed by atoms with Crippen molar-refractivity contribution in [2.45, 2.75) is 26.6 Å². The molecule has 17 heavy (non-hydrogen) atoms. The van der Waals surface area contributed by atoms with E-state index >= 15 is 0 Å². The first kappa shape index (κ1) is 13.7. The average molecular weight is 242 g/mol. The second-order valence-electron chi connectivity index (χ2n) is 5.38. The molecule has 0 heterocycles. The van der Waals surface area contributed by atoms with Crippen LogP contribution in [-0.4, -0.2) is 8.07 Å². The Hall–Kier alpha value is -1.34. The Labute approximate surface area is 106 Å². The van der Waals surface area contributed by atoms with E-state index in [1.807, 2.05) is 6.07 Å². The summed E-state index contributed by atoms with van der Waals surface area (Å²) in [6, 6.07) is 10.4. The van der Waals surface area contributed by atoms with Crippen molar-refractivity contribution in [3.63, 3.8) is 0 Å². The lowest BCUT2D eigenvalue weighted by Gasteiger charge is -2.06. The zero-order valence-corrected chi connectivity index (χ0v) is 12.3. The Balaban J connectivity index is 2.61. The summed E-state index contributed by atoms with van der Waals surface area (Å²) in [6.45, 7) is 9.14. The van der Waals surface area contributed by atoms with Gasteiger partial charge in [0.05, 0.1) is 8.07 Å². The van der Waals surface area contributed by atoms with Crippen molar-refractivity contribution in [1.29, 1.82) is 0 Å². The van der Waals surface area contributed by atoms with Gasteiger partial charge in [0.15, 0.2) is 0 Å². The van der Waals surface area contributed by atoms with Crippen LogP contribution < -0.4 is 0 Å². The molecule has 0 aliphatic rings. The molecule has 0 aromatic heterocycles. The summed E-state index contributed by atoms with van der Waals surface area (Å²) in [5.74, 6) is 0. The summed E-state index contributed by atoms with van der Waals surface area (Å²) in [5, 5.41) is 0. The van der Waals surface area contributed by atoms with E-state index in [9.17, 15) is 0 Å². The highest BCUT2D eigenvalue weighted by Gasteiger charge is 2.05. The van der Waals surface area contributed by atoms with Gasteiger partial charge in [-0.05, 0) is 12.5 Å². The van der Waals surface area contributed by atoms with E-state index in [2.05, 4.69) is 80.8 Å². The smallest absolute Gasteiger partial charge is 0.0687 e. The van der Waals surface area contributed by atoms with Crippen molar-refractivity contribution in [2.24, 2.45) is 0 Å². The fourth-order valence-corrected chi connectivity index (χ4v) is 2.10. The lowest BCUT2D eigenvalue weighted by atomic mass is 10.1. The van der Waals surface area contributed by atoms with E-state index in [4.69, 9.17) is 0 Å². The van der Waals surface area contributed by atoms with Crippen LogP contribution in [0.5, 0.6) is 0 Å². The molecule has 0 N–H and O–H groups in total. The predicted octanol–water partition coefficient (Wildman–Crippen LogP) is 5.08. The van der Waals surface area contributed by atoms with Crippen molar-refractivity contribution < 1.29 is 0 Å². The van der Waals surface area contributed by atoms with Crippen LogP contribution in [0.1, 0.15) is 12.5 Å². The van der Waals surface area contributed by atoms with E-state index in [0.717, 1.165) is 0 Å². The fourth-order valence-electron chi connectivity index (χ4n) is 1.41. The van der Waals surface area contributed by atoms with Crippen molar-refractivity contribution in [3.05, 3.63) is 65.4 Å². The van der Waals surface area contributed by atoms with Gasteiger partial charge in [0.2, 0.25) is 0 Å². The van der Waals surface area contributed by atoms with Gasteiger partial charge in [-0.25, -0.2) is 0 Å². The van der Waals surface area contributed by atoms with Gasteiger partial charge in [-0.3, -0.25) is 0 Å². The Bertz CT molecular complexity index is 417. The molecule has 0 saturated carbocycles. The normalized spacial score (nSPS) is 13.8. The zero-order valence-electron chi connectivity index (χ0n) is 11.3. The highest BCUT2D eigenvalue weighted by atomic mass is 28.3. The van der Waals surface area contributed by atoms with Gasteiger partial charge in [-0.15, -0.1) is 0 Å². The minimum atomic E-state index is -1.05. The number of hydrogen-bond acceptors (Lipinski definition) is 0. The summed E-state index contributed by atoms with van der Waals surface area (Å²) < 4.78 is 0. The van der Waals surface area contributed by atoms with Crippen molar-refractivity contribution in [1.82, 2.24) is 0 Å². The third kappa shape index (κ3) is 6.75. The molecule has 0 saturated heterocycles. The molecule has 0 unspecified atom stereocenters. The maximum absolute atomic E-state index is 2.35. The van der Waals surface area contributed by atoms with Crippen LogP contribution in [0.4, 0.5) is 0 Å². The largest absolute Gasteiger partial charge is 0.0950 e. The molecule has 1 aromatic rings. The monoisotopic (exact) mass is 242 g/mol. The van der Waals surface area contributed by atoms with Gasteiger partial charge in [-0.1, -0.05) is 85.5 Å². The van der Waals surface area contributed by atoms with Gasteiger partial charge in [0.25, 0.3) is 0 Å². The molecule has 90 valence electrons. The van der Waals surface area contributed by atoms with Crippen LogP contribution >= 0.6 is 0 Å². The summed E-state index contributed by atoms with van der Waals surface area (Å²) in [5.41, 5.74) is 4.87. The number of rotatable bonds is 4. The van der Waals surface area contributed by atoms with Crippen molar-refractivity contribution in [2.75, 3.05) is 0 Å². The molecular formula is C16H22Si. The molecule has 0 amide bonds. The predicted molar refractivity (Wildman–Crippen MR) is 81.7 cm³/mol. The van der Waals surface area contributed by atoms with E-state index in [1.165, 1.54) is 11.1 Å². The lowest BCUT2D eigenvalue weighted by Crippen LogP contribution is -2.14. The highest BCUT2D eigenvalue weighted by molar-refractivity contribution is 6.80. The quantitative estimate of drug-likeness (QED) is 0.510. The Kier molecular flexibility index (Phi) is 5.17. The molecule has 1 rings (SSSR count). The second kappa shape index (κ2) is 6.41. The molecule has 0 radical (unpaired) electrons. The van der Waals surface area contributed by atoms with Gasteiger partial charge in [0, 0.05) is 0 Å². The van der Waals surface area contributed by atoms with Crippen LogP contribution in [0.25, 0.3) is 6.08 Å². The first-order chi connectivity index (χ1) is 7.97. The molecule has 0 aliphatic carbocycles. The highest BCUT2D eigenvalue weighted by Crippen LogP contribution is 2.07. The summed E-state index contributed by atoms with van der Waals surface area (Å²) in [7, 11) is -1.05. The van der Waals surface area contributed by atoms with Gasteiger partial charge in [0.1, 0.15) is 0 Å². The fraction of sp³-hybridized carbons (Fsp3) is 0.250. The third-order valence-electron chi connectivity index (χ3n) is 2.26. The van der Waals surface area contributed by atoms with Crippen LogP contribution in [0.2, 0.25) is 19.6 Å². The summed E-state index contributed by atoms with van der Waals surface area (Å²) in [6.07, 6.45) is 8.66. The average Bonchev–Trinajstić information content (AvgIpc) is 2.25. The number of hydrogen-bond donors (Lipinski definition) is 0. The van der Waals surface area contributed by atoms with E-state index in [0.29, 0.717) is 0 Å². The first-order valence-electron chi connectivity index (χ1n) is 6.07. The lowest BCUT2D eigenvalue weighted by molar-refractivity contribution is 1.54. The minimum absolute atomic E-state index is 1.05. The van der Waals surface area contributed by atoms with Gasteiger partial charge in [-0.2, -0.15) is 0 Å². The standard InChI is InChI=1S/C16H22Si/c1-15(10-8-9-13-17(2,3)4)14-16-11-6-5-7-12-16/h5-14H,1-4H3/b10-8+,13-9+,15-14+. The molecule has 0 fully saturated rings. The van der Waals surface area contributed by atoms with E-state index in [-0.39, 0.29) is 0 Å². The van der Waals surface area contributed by atoms with Crippen molar-refractivity contribution >= 4 is 14.1 Å². The molecule has 1 heteroatoms. The molecule has 0 nitrogen and oxygen atoms in total. The number of allylic oxidation sites excluding steroid dienone is 4. The maximum atomic E-state index is 2.35. The second-order valence-corrected chi connectivity index (χ2v) is 10.4.